The van der Waals surface area contributed by atoms with E-state index in [1.54, 1.807) is 20.8 Å². The van der Waals surface area contributed by atoms with E-state index < -0.39 is 29.0 Å². The second-order valence-electron chi connectivity index (χ2n) is 8.39. The Morgan fingerprint density at radius 2 is 2.06 bits per heavy atom. The molecule has 0 bridgehead atoms. The number of halogens is 2. The van der Waals surface area contributed by atoms with Gasteiger partial charge in [-0.2, -0.15) is 0 Å². The fraction of sp³-hybridized carbons (Fsp3) is 0.450. The van der Waals surface area contributed by atoms with E-state index in [4.69, 9.17) is 25.8 Å². The minimum atomic E-state index is -1.25. The zero-order chi connectivity index (χ0) is 25.6. The maximum atomic E-state index is 13.3. The summed E-state index contributed by atoms with van der Waals surface area (Å²) in [5.41, 5.74) is -0.0140. The quantitative estimate of drug-likeness (QED) is 0.176. The third-order valence-corrected chi connectivity index (χ3v) is 4.72. The van der Waals surface area contributed by atoms with Gasteiger partial charge in [0.2, 0.25) is 5.69 Å². The number of carbonyl (C=O) groups excluding carboxylic acids is 2. The first-order chi connectivity index (χ1) is 16.5. The molecule has 0 aliphatic carbocycles. The number of alkyl carbamates (subject to hydrolysis) is 1. The molecular weight excluding hydrogens is 491 g/mol. The molecule has 3 rings (SSSR count). The lowest BCUT2D eigenvalue weighted by Crippen LogP contribution is -2.70. The Kier molecular flexibility index (Phi) is 8.09. The number of hydroxylamine groups is 1. The maximum absolute atomic E-state index is 13.3. The Morgan fingerprint density at radius 1 is 1.31 bits per heavy atom. The van der Waals surface area contributed by atoms with E-state index in [0.717, 1.165) is 6.07 Å². The van der Waals surface area contributed by atoms with Crippen LogP contribution in [0.5, 0.6) is 5.88 Å². The average Bonchev–Trinajstić information content (AvgIpc) is 3.21. The van der Waals surface area contributed by atoms with Crippen molar-refractivity contribution in [3.05, 3.63) is 34.7 Å². The van der Waals surface area contributed by atoms with Gasteiger partial charge in [0.25, 0.3) is 11.8 Å². The Balaban J connectivity index is 1.56. The number of nitrogens with zero attached hydrogens (tertiary/aromatic N) is 3. The van der Waals surface area contributed by atoms with E-state index in [2.05, 4.69) is 30.6 Å². The summed E-state index contributed by atoms with van der Waals surface area (Å²) < 4.78 is 33.8. The van der Waals surface area contributed by atoms with Crippen molar-refractivity contribution in [2.24, 2.45) is 4.99 Å². The molecule has 0 spiro atoms. The van der Waals surface area contributed by atoms with Crippen LogP contribution in [-0.2, 0) is 14.3 Å². The standard InChI is InChI=1S/C20H24ClFN6O7/c1-19(2,3)34-18(30)25-20(9-32-10-20)17(29)23-6-7-33-16-14(27-35-28-16)15(26-31)24-11-4-5-13(22)12(21)8-11/h4-5,8,31H,6-7,9-10H2,1-3H3,(H,23,29)(H,24,26)(H,25,30). The number of nitrogens with one attached hydrogen (secondary N) is 3. The highest BCUT2D eigenvalue weighted by Gasteiger charge is 2.48. The largest absolute Gasteiger partial charge is 0.472 e. The zero-order valence-corrected chi connectivity index (χ0v) is 19.8. The van der Waals surface area contributed by atoms with Gasteiger partial charge in [0, 0.05) is 0 Å². The minimum Gasteiger partial charge on any atom is -0.472 e. The number of carbonyl (C=O) groups is 2. The summed E-state index contributed by atoms with van der Waals surface area (Å²) in [5, 5.41) is 21.7. The van der Waals surface area contributed by atoms with Crippen LogP contribution >= 0.6 is 11.6 Å². The Morgan fingerprint density at radius 3 is 2.66 bits per heavy atom. The molecule has 0 atom stereocenters. The monoisotopic (exact) mass is 514 g/mol. The van der Waals surface area contributed by atoms with E-state index in [1.807, 2.05) is 5.48 Å². The topological polar surface area (TPSA) is 169 Å². The Hall–Kier alpha value is -3.49. The molecule has 2 aromatic rings. The summed E-state index contributed by atoms with van der Waals surface area (Å²) in [5.74, 6) is -1.46. The number of amidine groups is 1. The molecule has 2 heterocycles. The second kappa shape index (κ2) is 10.8. The molecule has 0 unspecified atom stereocenters. The number of hydrogen-bond acceptors (Lipinski definition) is 10. The van der Waals surface area contributed by atoms with Gasteiger partial charge >= 0.3 is 6.09 Å². The number of amides is 2. The van der Waals surface area contributed by atoms with Crippen molar-refractivity contribution >= 4 is 35.1 Å². The minimum absolute atomic E-state index is 0.00825. The Bertz CT molecular complexity index is 1100. The van der Waals surface area contributed by atoms with Crippen molar-refractivity contribution in [1.82, 2.24) is 26.4 Å². The fourth-order valence-corrected chi connectivity index (χ4v) is 2.96. The van der Waals surface area contributed by atoms with Gasteiger partial charge in [-0.15, -0.1) is 0 Å². The van der Waals surface area contributed by atoms with Gasteiger partial charge in [-0.05, 0) is 49.3 Å². The molecule has 2 amide bonds. The van der Waals surface area contributed by atoms with Gasteiger partial charge in [0.1, 0.15) is 18.0 Å². The summed E-state index contributed by atoms with van der Waals surface area (Å²) in [6.45, 7) is 5.05. The molecule has 15 heteroatoms. The Labute approximate surface area is 203 Å². The van der Waals surface area contributed by atoms with Crippen LogP contribution in [0.1, 0.15) is 26.5 Å². The number of rotatable bonds is 8. The smallest absolute Gasteiger partial charge is 0.408 e. The lowest BCUT2D eigenvalue weighted by Gasteiger charge is -2.40. The summed E-state index contributed by atoms with van der Waals surface area (Å²) in [6.07, 6.45) is -0.740. The van der Waals surface area contributed by atoms with Gasteiger partial charge in [0.15, 0.2) is 11.4 Å². The number of aliphatic imine (C=N–C) groups is 1. The van der Waals surface area contributed by atoms with E-state index in [0.29, 0.717) is 0 Å². The molecule has 4 N–H and O–H groups in total. The first-order valence-corrected chi connectivity index (χ1v) is 10.7. The molecule has 1 fully saturated rings. The van der Waals surface area contributed by atoms with Crippen molar-refractivity contribution in [3.63, 3.8) is 0 Å². The third kappa shape index (κ3) is 6.77. The van der Waals surface area contributed by atoms with Crippen LogP contribution in [0, 0.1) is 5.82 Å². The highest BCUT2D eigenvalue weighted by atomic mass is 35.5. The number of ether oxygens (including phenoxy) is 3. The van der Waals surface area contributed by atoms with Gasteiger partial charge in [-0.25, -0.2) is 18.8 Å². The van der Waals surface area contributed by atoms with Gasteiger partial charge < -0.3 is 24.8 Å². The second-order valence-corrected chi connectivity index (χ2v) is 8.80. The summed E-state index contributed by atoms with van der Waals surface area (Å²) in [7, 11) is 0. The van der Waals surface area contributed by atoms with Gasteiger partial charge in [0.05, 0.1) is 30.5 Å². The van der Waals surface area contributed by atoms with Crippen LogP contribution in [0.3, 0.4) is 0 Å². The number of aromatic nitrogens is 2. The molecule has 1 aromatic carbocycles. The molecule has 1 aliphatic rings. The molecule has 1 aliphatic heterocycles. The summed E-state index contributed by atoms with van der Waals surface area (Å²) >= 11 is 5.74. The van der Waals surface area contributed by atoms with E-state index in [1.165, 1.54) is 12.1 Å². The van der Waals surface area contributed by atoms with Gasteiger partial charge in [-0.3, -0.25) is 15.5 Å². The molecule has 1 aromatic heterocycles. The van der Waals surface area contributed by atoms with Crippen molar-refractivity contribution < 1.29 is 38.0 Å². The number of benzene rings is 1. The first kappa shape index (κ1) is 26.1. The van der Waals surface area contributed by atoms with Crippen LogP contribution in [0.15, 0.2) is 27.8 Å². The molecular formula is C20H24ClFN6O7. The predicted molar refractivity (Wildman–Crippen MR) is 118 cm³/mol. The third-order valence-electron chi connectivity index (χ3n) is 4.43. The predicted octanol–water partition coefficient (Wildman–Crippen LogP) is 1.71. The van der Waals surface area contributed by atoms with Crippen molar-refractivity contribution in [1.29, 1.82) is 0 Å². The normalized spacial score (nSPS) is 15.1. The van der Waals surface area contributed by atoms with Crippen LogP contribution in [0.2, 0.25) is 5.02 Å². The lowest BCUT2D eigenvalue weighted by molar-refractivity contribution is -0.147. The van der Waals surface area contributed by atoms with Crippen LogP contribution in [-0.4, -0.2) is 70.9 Å². The van der Waals surface area contributed by atoms with E-state index in [-0.39, 0.29) is 54.5 Å². The summed E-state index contributed by atoms with van der Waals surface area (Å²) in [6, 6.07) is 3.67. The zero-order valence-electron chi connectivity index (χ0n) is 19.1. The molecule has 0 saturated carbocycles. The van der Waals surface area contributed by atoms with Gasteiger partial charge in [-0.1, -0.05) is 11.6 Å². The average molecular weight is 515 g/mol. The number of hydrogen-bond donors (Lipinski definition) is 4. The highest BCUT2D eigenvalue weighted by Crippen LogP contribution is 2.23. The molecule has 190 valence electrons. The molecule has 1 saturated heterocycles. The van der Waals surface area contributed by atoms with Crippen molar-refractivity contribution in [3.8, 4) is 5.88 Å². The molecule has 35 heavy (non-hydrogen) atoms. The van der Waals surface area contributed by atoms with Crippen LogP contribution < -0.4 is 20.9 Å². The first-order valence-electron chi connectivity index (χ1n) is 10.3. The van der Waals surface area contributed by atoms with Crippen LogP contribution in [0.4, 0.5) is 14.9 Å². The van der Waals surface area contributed by atoms with E-state index in [9.17, 15) is 19.2 Å². The van der Waals surface area contributed by atoms with Crippen molar-refractivity contribution in [2.45, 2.75) is 31.9 Å². The van der Waals surface area contributed by atoms with E-state index >= 15 is 0 Å². The van der Waals surface area contributed by atoms with Crippen LogP contribution in [0.25, 0.3) is 0 Å². The maximum Gasteiger partial charge on any atom is 0.408 e. The molecule has 13 nitrogen and oxygen atoms in total. The van der Waals surface area contributed by atoms with Crippen molar-refractivity contribution in [2.75, 3.05) is 26.4 Å². The molecule has 0 radical (unpaired) electrons. The summed E-state index contributed by atoms with van der Waals surface area (Å²) in [4.78, 5) is 28.8. The lowest BCUT2D eigenvalue weighted by atomic mass is 9.96. The SMILES string of the molecule is CC(C)(C)OC(=O)NC1(C(=O)NCCOc2nonc2C(=Nc2ccc(F)c(Cl)c2)NO)COC1. The highest BCUT2D eigenvalue weighted by molar-refractivity contribution is 6.31. The fourth-order valence-electron chi connectivity index (χ4n) is 2.78.